The van der Waals surface area contributed by atoms with Crippen LogP contribution in [0.25, 0.3) is 60.3 Å². The Morgan fingerprint density at radius 2 is 1.69 bits per heavy atom. The van der Waals surface area contributed by atoms with Crippen LogP contribution in [0.4, 0.5) is 5.69 Å². The maximum atomic E-state index is 4.70. The number of H-pyrrole nitrogens is 2. The Kier molecular flexibility index (Phi) is 6.49. The van der Waals surface area contributed by atoms with Crippen LogP contribution in [0.2, 0.25) is 0 Å². The molecule has 5 heterocycles. The predicted molar refractivity (Wildman–Crippen MR) is 175 cm³/mol. The van der Waals surface area contributed by atoms with Gasteiger partial charge < -0.3 is 10.3 Å². The number of anilines is 1. The van der Waals surface area contributed by atoms with Crippen molar-refractivity contribution in [2.24, 2.45) is 0 Å². The Morgan fingerprint density at radius 1 is 0.833 bits per heavy atom. The first-order valence-electron chi connectivity index (χ1n) is 13.7. The second-order valence-electron chi connectivity index (χ2n) is 10.5. The molecule has 5 aromatic heterocycles. The fourth-order valence-electron chi connectivity index (χ4n) is 5.24. The lowest BCUT2D eigenvalue weighted by molar-refractivity contribution is 1.12. The van der Waals surface area contributed by atoms with E-state index in [1.54, 1.807) is 11.3 Å². The van der Waals surface area contributed by atoms with E-state index in [0.717, 1.165) is 73.3 Å². The number of thiophene rings is 1. The van der Waals surface area contributed by atoms with Crippen molar-refractivity contribution in [3.63, 3.8) is 0 Å². The molecule has 204 valence electrons. The molecular formula is C35H28N6S. The molecule has 7 rings (SSSR count). The number of allylic oxidation sites excluding steroid dienone is 2. The largest absolute Gasteiger partial charge is 0.358 e. The second kappa shape index (κ2) is 10.6. The van der Waals surface area contributed by atoms with Gasteiger partial charge in [-0.05, 0) is 60.0 Å². The van der Waals surface area contributed by atoms with Crippen molar-refractivity contribution in [3.8, 4) is 33.0 Å². The molecule has 0 unspecified atom stereocenters. The number of hydrogen-bond donors (Lipinski definition) is 3. The van der Waals surface area contributed by atoms with Gasteiger partial charge in [-0.25, -0.2) is 0 Å². The molecule has 0 atom stereocenters. The molecule has 0 aliphatic heterocycles. The minimum Gasteiger partial charge on any atom is -0.358 e. The minimum atomic E-state index is 0.749. The first kappa shape index (κ1) is 25.7. The van der Waals surface area contributed by atoms with Crippen molar-refractivity contribution in [2.45, 2.75) is 13.3 Å². The molecule has 0 saturated heterocycles. The third-order valence-electron chi connectivity index (χ3n) is 7.31. The molecule has 7 heteroatoms. The van der Waals surface area contributed by atoms with Gasteiger partial charge in [-0.1, -0.05) is 49.6 Å². The number of pyridine rings is 2. The van der Waals surface area contributed by atoms with E-state index in [0.29, 0.717) is 0 Å². The van der Waals surface area contributed by atoms with Crippen LogP contribution >= 0.6 is 11.3 Å². The summed E-state index contributed by atoms with van der Waals surface area (Å²) < 4.78 is 0. The molecule has 0 bridgehead atoms. The number of nitrogens with one attached hydrogen (secondary N) is 3. The van der Waals surface area contributed by atoms with Gasteiger partial charge in [-0.15, -0.1) is 11.3 Å². The van der Waals surface area contributed by atoms with Crippen molar-refractivity contribution in [2.75, 3.05) is 5.32 Å². The lowest BCUT2D eigenvalue weighted by Gasteiger charge is -2.11. The average Bonchev–Trinajstić information content (AvgIpc) is 3.75. The highest BCUT2D eigenvalue weighted by Crippen LogP contribution is 2.38. The Balaban J connectivity index is 1.21. The normalized spacial score (nSPS) is 11.3. The fourth-order valence-corrected chi connectivity index (χ4v) is 6.20. The molecule has 0 radical (unpaired) electrons. The number of benzene rings is 2. The predicted octanol–water partition coefficient (Wildman–Crippen LogP) is 9.10. The molecule has 0 saturated carbocycles. The summed E-state index contributed by atoms with van der Waals surface area (Å²) in [7, 11) is 0. The molecule has 0 aliphatic rings. The molecule has 0 aliphatic carbocycles. The third kappa shape index (κ3) is 4.91. The van der Waals surface area contributed by atoms with Gasteiger partial charge >= 0.3 is 0 Å². The topological polar surface area (TPSA) is 82.3 Å². The third-order valence-corrected chi connectivity index (χ3v) is 8.59. The number of hydrogen-bond acceptors (Lipinski definition) is 5. The summed E-state index contributed by atoms with van der Waals surface area (Å²) in [6, 6.07) is 25.2. The lowest BCUT2D eigenvalue weighted by atomic mass is 10.0. The van der Waals surface area contributed by atoms with E-state index in [1.807, 2.05) is 49.9 Å². The highest BCUT2D eigenvalue weighted by molar-refractivity contribution is 7.16. The zero-order valence-corrected chi connectivity index (χ0v) is 23.9. The second-order valence-corrected chi connectivity index (χ2v) is 11.5. The van der Waals surface area contributed by atoms with E-state index in [4.69, 9.17) is 5.10 Å². The number of nitrogens with zero attached hydrogens (tertiary/aromatic N) is 3. The zero-order chi connectivity index (χ0) is 28.6. The quantitative estimate of drug-likeness (QED) is 0.172. The molecule has 0 fully saturated rings. The smallest absolute Gasteiger partial charge is 0.116 e. The standard InChI is InChI=1S/C35H28N6S/c1-21(2)33-11-12-34(42-33)29-19-37-20-32-27(29)16-31(39-32)35-28-15-24(9-10-30(28)40-41-35)25-14-26(18-36-17-25)38-22(3)13-23-7-5-4-6-8-23/h4-12,14-20,38-39H,1,3,13H2,2H3,(H,40,41). The summed E-state index contributed by atoms with van der Waals surface area (Å²) in [5.74, 6) is 0. The van der Waals surface area contributed by atoms with Crippen molar-refractivity contribution in [1.82, 2.24) is 25.1 Å². The van der Waals surface area contributed by atoms with Crippen molar-refractivity contribution in [1.29, 1.82) is 0 Å². The molecule has 6 nitrogen and oxygen atoms in total. The number of rotatable bonds is 8. The average molecular weight is 565 g/mol. The van der Waals surface area contributed by atoms with E-state index in [1.165, 1.54) is 15.3 Å². The number of aromatic nitrogens is 5. The van der Waals surface area contributed by atoms with Crippen LogP contribution in [0.5, 0.6) is 0 Å². The first-order chi connectivity index (χ1) is 20.5. The van der Waals surface area contributed by atoms with E-state index in [2.05, 4.69) is 93.1 Å². The van der Waals surface area contributed by atoms with E-state index in [-0.39, 0.29) is 0 Å². The summed E-state index contributed by atoms with van der Waals surface area (Å²) in [6.45, 7) is 10.3. The van der Waals surface area contributed by atoms with Crippen molar-refractivity contribution in [3.05, 3.63) is 127 Å². The minimum absolute atomic E-state index is 0.749. The monoisotopic (exact) mass is 564 g/mol. The van der Waals surface area contributed by atoms with Crippen LogP contribution < -0.4 is 5.32 Å². The Labute approximate surface area is 247 Å². The SMILES string of the molecule is C=C(Cc1ccccc1)Nc1cncc(-c2ccc3[nH]nc(-c4cc5c(-c6ccc(C(=C)C)s6)cncc5[nH]4)c3c2)c1. The highest BCUT2D eigenvalue weighted by Gasteiger charge is 2.16. The van der Waals surface area contributed by atoms with Crippen LogP contribution in [0.3, 0.4) is 0 Å². The van der Waals surface area contributed by atoms with E-state index >= 15 is 0 Å². The van der Waals surface area contributed by atoms with Crippen LogP contribution in [-0.4, -0.2) is 25.1 Å². The van der Waals surface area contributed by atoms with Gasteiger partial charge in [0.1, 0.15) is 5.69 Å². The number of aromatic amines is 2. The van der Waals surface area contributed by atoms with Gasteiger partial charge in [-0.3, -0.25) is 15.1 Å². The van der Waals surface area contributed by atoms with Crippen molar-refractivity contribution < 1.29 is 0 Å². The van der Waals surface area contributed by atoms with E-state index < -0.39 is 0 Å². The van der Waals surface area contributed by atoms with E-state index in [9.17, 15) is 0 Å². The lowest BCUT2D eigenvalue weighted by Crippen LogP contribution is -2.02. The van der Waals surface area contributed by atoms with Crippen LogP contribution in [0.1, 0.15) is 17.4 Å². The first-order valence-corrected chi connectivity index (χ1v) is 14.5. The summed E-state index contributed by atoms with van der Waals surface area (Å²) in [5, 5.41) is 13.5. The Morgan fingerprint density at radius 3 is 2.52 bits per heavy atom. The summed E-state index contributed by atoms with van der Waals surface area (Å²) >= 11 is 1.73. The molecule has 0 spiro atoms. The Bertz CT molecular complexity index is 2100. The van der Waals surface area contributed by atoms with Crippen molar-refractivity contribution >= 4 is 44.4 Å². The van der Waals surface area contributed by atoms with Crippen LogP contribution in [0, 0.1) is 0 Å². The molecule has 7 aromatic rings. The molecule has 0 amide bonds. The van der Waals surface area contributed by atoms with Crippen LogP contribution in [0.15, 0.2) is 116 Å². The summed E-state index contributed by atoms with van der Waals surface area (Å²) in [4.78, 5) is 14.9. The summed E-state index contributed by atoms with van der Waals surface area (Å²) in [5.41, 5.74) is 11.0. The number of fused-ring (bicyclic) bond motifs is 2. The van der Waals surface area contributed by atoms with Gasteiger partial charge in [0.2, 0.25) is 0 Å². The highest BCUT2D eigenvalue weighted by atomic mass is 32.1. The Hall–Kier alpha value is -5.27. The maximum Gasteiger partial charge on any atom is 0.116 e. The van der Waals surface area contributed by atoms with Gasteiger partial charge in [0, 0.05) is 56.2 Å². The molecule has 2 aromatic carbocycles. The molecule has 3 N–H and O–H groups in total. The molecule has 42 heavy (non-hydrogen) atoms. The zero-order valence-electron chi connectivity index (χ0n) is 23.1. The van der Waals surface area contributed by atoms with Gasteiger partial charge in [-0.2, -0.15) is 5.10 Å². The summed E-state index contributed by atoms with van der Waals surface area (Å²) in [6.07, 6.45) is 8.25. The van der Waals surface area contributed by atoms with Gasteiger partial charge in [0.25, 0.3) is 0 Å². The van der Waals surface area contributed by atoms with Gasteiger partial charge in [0.15, 0.2) is 0 Å². The van der Waals surface area contributed by atoms with Gasteiger partial charge in [0.05, 0.1) is 34.8 Å². The fraction of sp³-hybridized carbons (Fsp3) is 0.0571. The van der Waals surface area contributed by atoms with Crippen LogP contribution in [-0.2, 0) is 6.42 Å². The maximum absolute atomic E-state index is 4.70. The molecular weight excluding hydrogens is 536 g/mol.